The second kappa shape index (κ2) is 6.55. The van der Waals surface area contributed by atoms with Gasteiger partial charge in [0.15, 0.2) is 0 Å². The Morgan fingerprint density at radius 2 is 2.14 bits per heavy atom. The van der Waals surface area contributed by atoms with Gasteiger partial charge >= 0.3 is 0 Å². The van der Waals surface area contributed by atoms with E-state index in [9.17, 15) is 9.18 Å². The Kier molecular flexibility index (Phi) is 4.32. The van der Waals surface area contributed by atoms with Gasteiger partial charge in [0.2, 0.25) is 5.91 Å². The van der Waals surface area contributed by atoms with Crippen molar-refractivity contribution in [2.75, 3.05) is 23.3 Å². The van der Waals surface area contributed by atoms with Gasteiger partial charge in [-0.2, -0.15) is 5.10 Å². The first kappa shape index (κ1) is 14.5. The number of halogens is 1. The van der Waals surface area contributed by atoms with Gasteiger partial charge in [-0.05, 0) is 25.0 Å². The highest BCUT2D eigenvalue weighted by Crippen LogP contribution is 2.31. The maximum Gasteiger partial charge on any atom is 0.226 e. The highest BCUT2D eigenvalue weighted by Gasteiger charge is 2.19. The lowest BCUT2D eigenvalue weighted by Gasteiger charge is -2.22. The summed E-state index contributed by atoms with van der Waals surface area (Å²) in [6.45, 7) is 2.20. The third-order valence-electron chi connectivity index (χ3n) is 3.74. The van der Waals surface area contributed by atoms with E-state index in [-0.39, 0.29) is 18.0 Å². The van der Waals surface area contributed by atoms with Gasteiger partial charge in [0, 0.05) is 19.5 Å². The molecule has 7 heteroatoms. The first-order chi connectivity index (χ1) is 10.7. The smallest absolute Gasteiger partial charge is 0.226 e. The first-order valence-corrected chi connectivity index (χ1v) is 7.40. The Labute approximate surface area is 128 Å². The summed E-state index contributed by atoms with van der Waals surface area (Å²) in [5, 5.41) is 6.64. The molecule has 0 atom stereocenters. The van der Waals surface area contributed by atoms with Crippen molar-refractivity contribution in [3.8, 4) is 0 Å². The van der Waals surface area contributed by atoms with E-state index in [0.29, 0.717) is 6.54 Å². The molecule has 1 amide bonds. The number of aryl methyl sites for hydroxylation is 1. The number of hydrogen-bond acceptors (Lipinski definition) is 4. The molecule has 1 aromatic carbocycles. The average Bonchev–Trinajstić information content (AvgIpc) is 3.20. The van der Waals surface area contributed by atoms with Crippen molar-refractivity contribution in [3.05, 3.63) is 36.7 Å². The van der Waals surface area contributed by atoms with Gasteiger partial charge in [-0.1, -0.05) is 6.07 Å². The van der Waals surface area contributed by atoms with Crippen LogP contribution in [0.3, 0.4) is 0 Å². The molecular weight excluding hydrogens is 285 g/mol. The zero-order valence-electron chi connectivity index (χ0n) is 12.2. The predicted molar refractivity (Wildman–Crippen MR) is 81.1 cm³/mol. The molecule has 1 saturated heterocycles. The number of carbonyl (C=O) groups is 1. The molecule has 0 bridgehead atoms. The number of rotatable bonds is 5. The number of aromatic nitrogens is 3. The predicted octanol–water partition coefficient (Wildman–Crippen LogP) is 2.05. The van der Waals surface area contributed by atoms with Crippen LogP contribution in [0.1, 0.15) is 19.3 Å². The minimum atomic E-state index is -0.404. The fraction of sp³-hybridized carbons (Fsp3) is 0.400. The Morgan fingerprint density at radius 1 is 1.32 bits per heavy atom. The summed E-state index contributed by atoms with van der Waals surface area (Å²) >= 11 is 0. The monoisotopic (exact) mass is 303 g/mol. The van der Waals surface area contributed by atoms with Crippen molar-refractivity contribution in [2.24, 2.45) is 0 Å². The van der Waals surface area contributed by atoms with Crippen LogP contribution in [-0.4, -0.2) is 33.8 Å². The molecule has 1 aliphatic heterocycles. The topological polar surface area (TPSA) is 63.1 Å². The van der Waals surface area contributed by atoms with Gasteiger partial charge in [-0.25, -0.2) is 9.37 Å². The molecule has 116 valence electrons. The minimum absolute atomic E-state index is 0.219. The van der Waals surface area contributed by atoms with E-state index in [1.165, 1.54) is 12.4 Å². The maximum absolute atomic E-state index is 14.1. The lowest BCUT2D eigenvalue weighted by atomic mass is 10.2. The zero-order valence-corrected chi connectivity index (χ0v) is 12.2. The average molecular weight is 303 g/mol. The van der Waals surface area contributed by atoms with Crippen LogP contribution in [0.25, 0.3) is 0 Å². The molecule has 1 fully saturated rings. The number of nitrogens with one attached hydrogen (secondary N) is 1. The van der Waals surface area contributed by atoms with Crippen LogP contribution in [0, 0.1) is 5.82 Å². The van der Waals surface area contributed by atoms with E-state index >= 15 is 0 Å². The van der Waals surface area contributed by atoms with Gasteiger partial charge in [-0.3, -0.25) is 9.48 Å². The molecule has 3 rings (SSSR count). The molecule has 2 heterocycles. The first-order valence-electron chi connectivity index (χ1n) is 7.40. The van der Waals surface area contributed by atoms with Crippen molar-refractivity contribution >= 4 is 17.3 Å². The van der Waals surface area contributed by atoms with Crippen LogP contribution >= 0.6 is 0 Å². The summed E-state index contributed by atoms with van der Waals surface area (Å²) in [6, 6.07) is 4.89. The molecule has 0 aliphatic carbocycles. The number of hydrogen-bond donors (Lipinski definition) is 1. The summed E-state index contributed by atoms with van der Waals surface area (Å²) in [4.78, 5) is 18.0. The molecule has 1 aliphatic rings. The molecule has 1 N–H and O–H groups in total. The SMILES string of the molecule is O=C(CCn1cncn1)Nc1c(F)cccc1N1CCCC1. The maximum atomic E-state index is 14.1. The second-order valence-electron chi connectivity index (χ2n) is 5.28. The number of nitrogens with zero attached hydrogens (tertiary/aromatic N) is 4. The van der Waals surface area contributed by atoms with Crippen LogP contribution in [0.5, 0.6) is 0 Å². The van der Waals surface area contributed by atoms with Crippen molar-refractivity contribution in [3.63, 3.8) is 0 Å². The Morgan fingerprint density at radius 3 is 2.86 bits per heavy atom. The molecule has 0 radical (unpaired) electrons. The minimum Gasteiger partial charge on any atom is -0.370 e. The van der Waals surface area contributed by atoms with Crippen LogP contribution in [0.15, 0.2) is 30.9 Å². The van der Waals surface area contributed by atoms with Crippen molar-refractivity contribution in [2.45, 2.75) is 25.8 Å². The zero-order chi connectivity index (χ0) is 15.4. The van der Waals surface area contributed by atoms with E-state index in [2.05, 4.69) is 20.3 Å². The van der Waals surface area contributed by atoms with Crippen molar-refractivity contribution in [1.82, 2.24) is 14.8 Å². The van der Waals surface area contributed by atoms with Gasteiger partial charge in [0.25, 0.3) is 0 Å². The Balaban J connectivity index is 1.69. The molecule has 2 aromatic rings. The standard InChI is InChI=1S/C15H18FN5O/c16-12-4-3-5-13(20-7-1-2-8-20)15(12)19-14(22)6-9-21-11-17-10-18-21/h3-5,10-11H,1-2,6-9H2,(H,19,22). The molecular formula is C15H18FN5O. The third kappa shape index (κ3) is 3.24. The van der Waals surface area contributed by atoms with Crippen molar-refractivity contribution < 1.29 is 9.18 Å². The van der Waals surface area contributed by atoms with Crippen LogP contribution in [0.2, 0.25) is 0 Å². The van der Waals surface area contributed by atoms with Gasteiger partial charge in [0.1, 0.15) is 24.2 Å². The van der Waals surface area contributed by atoms with E-state index in [1.807, 2.05) is 6.07 Å². The van der Waals surface area contributed by atoms with Gasteiger partial charge in [0.05, 0.1) is 12.2 Å². The van der Waals surface area contributed by atoms with Crippen LogP contribution in [0.4, 0.5) is 15.8 Å². The summed E-state index contributed by atoms with van der Waals surface area (Å²) in [5.74, 6) is -0.639. The highest BCUT2D eigenvalue weighted by molar-refractivity contribution is 5.94. The molecule has 6 nitrogen and oxygen atoms in total. The summed E-state index contributed by atoms with van der Waals surface area (Å²) in [7, 11) is 0. The summed E-state index contributed by atoms with van der Waals surface area (Å²) < 4.78 is 15.7. The lowest BCUT2D eigenvalue weighted by Crippen LogP contribution is -2.22. The Hall–Kier alpha value is -2.44. The van der Waals surface area contributed by atoms with Crippen LogP contribution < -0.4 is 10.2 Å². The molecule has 0 unspecified atom stereocenters. The molecule has 0 saturated carbocycles. The number of benzene rings is 1. The quantitative estimate of drug-likeness (QED) is 0.918. The summed E-state index contributed by atoms with van der Waals surface area (Å²) in [5.41, 5.74) is 1.03. The number of para-hydroxylation sites is 1. The fourth-order valence-corrected chi connectivity index (χ4v) is 2.62. The largest absolute Gasteiger partial charge is 0.370 e. The normalized spacial score (nSPS) is 14.3. The summed E-state index contributed by atoms with van der Waals surface area (Å²) in [6.07, 6.45) is 5.37. The molecule has 0 spiro atoms. The van der Waals surface area contributed by atoms with E-state index in [1.54, 1.807) is 17.1 Å². The van der Waals surface area contributed by atoms with Gasteiger partial charge < -0.3 is 10.2 Å². The fourth-order valence-electron chi connectivity index (χ4n) is 2.62. The lowest BCUT2D eigenvalue weighted by molar-refractivity contribution is -0.116. The molecule has 22 heavy (non-hydrogen) atoms. The molecule has 1 aromatic heterocycles. The number of amides is 1. The van der Waals surface area contributed by atoms with Gasteiger partial charge in [-0.15, -0.1) is 0 Å². The number of carbonyl (C=O) groups excluding carboxylic acids is 1. The second-order valence-corrected chi connectivity index (χ2v) is 5.28. The third-order valence-corrected chi connectivity index (χ3v) is 3.74. The van der Waals surface area contributed by atoms with E-state index < -0.39 is 5.82 Å². The number of anilines is 2. The van der Waals surface area contributed by atoms with E-state index in [0.717, 1.165) is 31.6 Å². The Bertz CT molecular complexity index is 637. The van der Waals surface area contributed by atoms with Crippen LogP contribution in [-0.2, 0) is 11.3 Å². The highest BCUT2D eigenvalue weighted by atomic mass is 19.1. The van der Waals surface area contributed by atoms with E-state index in [4.69, 9.17) is 0 Å². The van der Waals surface area contributed by atoms with Crippen molar-refractivity contribution in [1.29, 1.82) is 0 Å².